The maximum atomic E-state index is 12.1. The van der Waals surface area contributed by atoms with Crippen LogP contribution in [0.5, 0.6) is 0 Å². The lowest BCUT2D eigenvalue weighted by Crippen LogP contribution is -2.14. The third-order valence-electron chi connectivity index (χ3n) is 4.33. The van der Waals surface area contributed by atoms with E-state index in [9.17, 15) is 4.79 Å². The number of anilines is 1. The van der Waals surface area contributed by atoms with Crippen molar-refractivity contribution in [3.05, 3.63) is 41.5 Å². The van der Waals surface area contributed by atoms with Gasteiger partial charge in [-0.15, -0.1) is 10.2 Å². The molecule has 1 N–H and O–H groups in total. The molecule has 1 aliphatic rings. The van der Waals surface area contributed by atoms with Crippen LogP contribution in [0.25, 0.3) is 0 Å². The highest BCUT2D eigenvalue weighted by Crippen LogP contribution is 2.22. The molecule has 1 heterocycles. The third-order valence-corrected chi connectivity index (χ3v) is 4.33. The molecule has 1 fully saturated rings. The van der Waals surface area contributed by atoms with E-state index in [-0.39, 0.29) is 12.1 Å². The molecule has 0 unspecified atom stereocenters. The van der Waals surface area contributed by atoms with Crippen LogP contribution < -0.4 is 5.32 Å². The molecule has 6 nitrogen and oxygen atoms in total. The second-order valence-electron chi connectivity index (χ2n) is 5.97. The third kappa shape index (κ3) is 3.70. The number of carbonyl (C=O) groups is 1. The molecule has 23 heavy (non-hydrogen) atoms. The van der Waals surface area contributed by atoms with Crippen LogP contribution in [-0.4, -0.2) is 26.8 Å². The largest absolute Gasteiger partial charge is 0.459 e. The Kier molecular flexibility index (Phi) is 4.60. The molecule has 0 aliphatic heterocycles. The van der Waals surface area contributed by atoms with Gasteiger partial charge in [-0.1, -0.05) is 0 Å². The molecular weight excluding hydrogens is 292 g/mol. The van der Waals surface area contributed by atoms with Crippen molar-refractivity contribution in [2.75, 3.05) is 5.32 Å². The van der Waals surface area contributed by atoms with E-state index in [2.05, 4.69) is 15.5 Å². The van der Waals surface area contributed by atoms with Crippen LogP contribution in [0.2, 0.25) is 0 Å². The SMILES string of the molecule is Cc1nnc(CNc2ccc(C(=O)OC3CCCC3)cc2)n1C. The number of nitrogens with zero attached hydrogens (tertiary/aromatic N) is 3. The second-order valence-corrected chi connectivity index (χ2v) is 5.97. The Morgan fingerprint density at radius 2 is 1.96 bits per heavy atom. The number of hydrogen-bond acceptors (Lipinski definition) is 5. The van der Waals surface area contributed by atoms with E-state index in [1.54, 1.807) is 12.1 Å². The molecular formula is C17H22N4O2. The van der Waals surface area contributed by atoms with E-state index < -0.39 is 0 Å². The first-order valence-electron chi connectivity index (χ1n) is 8.03. The number of benzene rings is 1. The van der Waals surface area contributed by atoms with E-state index >= 15 is 0 Å². The highest BCUT2D eigenvalue weighted by molar-refractivity contribution is 5.89. The van der Waals surface area contributed by atoms with Crippen LogP contribution in [0, 0.1) is 6.92 Å². The first-order valence-corrected chi connectivity index (χ1v) is 8.03. The summed E-state index contributed by atoms with van der Waals surface area (Å²) in [4.78, 5) is 12.1. The normalized spacial score (nSPS) is 14.9. The monoisotopic (exact) mass is 314 g/mol. The van der Waals surface area contributed by atoms with E-state index in [0.717, 1.165) is 43.0 Å². The van der Waals surface area contributed by atoms with Gasteiger partial charge in [0, 0.05) is 12.7 Å². The minimum Gasteiger partial charge on any atom is -0.459 e. The molecule has 3 rings (SSSR count). The fraction of sp³-hybridized carbons (Fsp3) is 0.471. The molecule has 1 aliphatic carbocycles. The van der Waals surface area contributed by atoms with Crippen molar-refractivity contribution < 1.29 is 9.53 Å². The van der Waals surface area contributed by atoms with Crippen molar-refractivity contribution >= 4 is 11.7 Å². The zero-order chi connectivity index (χ0) is 16.2. The van der Waals surface area contributed by atoms with Crippen molar-refractivity contribution in [2.45, 2.75) is 45.3 Å². The first kappa shape index (κ1) is 15.5. The van der Waals surface area contributed by atoms with Crippen molar-refractivity contribution in [3.63, 3.8) is 0 Å². The molecule has 0 spiro atoms. The van der Waals surface area contributed by atoms with Crippen molar-refractivity contribution in [1.82, 2.24) is 14.8 Å². The summed E-state index contributed by atoms with van der Waals surface area (Å²) in [7, 11) is 1.94. The van der Waals surface area contributed by atoms with Gasteiger partial charge in [-0.3, -0.25) is 0 Å². The Morgan fingerprint density at radius 1 is 1.26 bits per heavy atom. The van der Waals surface area contributed by atoms with E-state index in [4.69, 9.17) is 4.74 Å². The molecule has 0 saturated heterocycles. The second kappa shape index (κ2) is 6.81. The summed E-state index contributed by atoms with van der Waals surface area (Å²) in [5.74, 6) is 1.52. The molecule has 1 aromatic carbocycles. The van der Waals surface area contributed by atoms with E-state index in [1.165, 1.54) is 0 Å². The molecule has 122 valence electrons. The van der Waals surface area contributed by atoms with Crippen LogP contribution >= 0.6 is 0 Å². The fourth-order valence-corrected chi connectivity index (χ4v) is 2.74. The standard InChI is InChI=1S/C17H22N4O2/c1-12-19-20-16(21(12)2)11-18-14-9-7-13(8-10-14)17(22)23-15-5-3-4-6-15/h7-10,15,18H,3-6,11H2,1-2H3. The van der Waals surface area contributed by atoms with Gasteiger partial charge in [0.25, 0.3) is 0 Å². The lowest BCUT2D eigenvalue weighted by atomic mass is 10.2. The quantitative estimate of drug-likeness (QED) is 0.859. The van der Waals surface area contributed by atoms with Gasteiger partial charge in [0.2, 0.25) is 0 Å². The number of rotatable bonds is 5. The number of aromatic nitrogens is 3. The van der Waals surface area contributed by atoms with Crippen molar-refractivity contribution in [3.8, 4) is 0 Å². The Balaban J connectivity index is 1.56. The van der Waals surface area contributed by atoms with Gasteiger partial charge in [-0.2, -0.15) is 0 Å². The van der Waals surface area contributed by atoms with Crippen LogP contribution in [0.1, 0.15) is 47.7 Å². The average Bonchev–Trinajstić information content (AvgIpc) is 3.17. The van der Waals surface area contributed by atoms with Crippen molar-refractivity contribution in [1.29, 1.82) is 0 Å². The molecule has 0 radical (unpaired) electrons. The van der Waals surface area contributed by atoms with E-state index in [1.807, 2.05) is 30.7 Å². The summed E-state index contributed by atoms with van der Waals surface area (Å²) < 4.78 is 7.45. The lowest BCUT2D eigenvalue weighted by molar-refractivity contribution is 0.0318. The van der Waals surface area contributed by atoms with Gasteiger partial charge in [-0.05, 0) is 56.9 Å². The highest BCUT2D eigenvalue weighted by Gasteiger charge is 2.19. The lowest BCUT2D eigenvalue weighted by Gasteiger charge is -2.12. The fourth-order valence-electron chi connectivity index (χ4n) is 2.74. The predicted molar refractivity (Wildman–Crippen MR) is 87.2 cm³/mol. The Morgan fingerprint density at radius 3 is 2.57 bits per heavy atom. The zero-order valence-corrected chi connectivity index (χ0v) is 13.6. The van der Waals surface area contributed by atoms with Crippen molar-refractivity contribution in [2.24, 2.45) is 7.05 Å². The van der Waals surface area contributed by atoms with Gasteiger partial charge < -0.3 is 14.6 Å². The van der Waals surface area contributed by atoms with Gasteiger partial charge in [0.1, 0.15) is 11.9 Å². The molecule has 0 amide bonds. The maximum Gasteiger partial charge on any atom is 0.338 e. The summed E-state index contributed by atoms with van der Waals surface area (Å²) >= 11 is 0. The topological polar surface area (TPSA) is 69.0 Å². The summed E-state index contributed by atoms with van der Waals surface area (Å²) in [5.41, 5.74) is 1.53. The van der Waals surface area contributed by atoms with Gasteiger partial charge >= 0.3 is 5.97 Å². The van der Waals surface area contributed by atoms with Gasteiger partial charge in [0.05, 0.1) is 12.1 Å². The molecule has 1 saturated carbocycles. The number of ether oxygens (including phenoxy) is 1. The first-order chi connectivity index (χ1) is 11.1. The summed E-state index contributed by atoms with van der Waals surface area (Å²) in [6, 6.07) is 7.35. The number of hydrogen-bond donors (Lipinski definition) is 1. The number of aryl methyl sites for hydroxylation is 1. The van der Waals surface area contributed by atoms with Crippen LogP contribution in [0.3, 0.4) is 0 Å². The minimum absolute atomic E-state index is 0.0967. The van der Waals surface area contributed by atoms with Gasteiger partial charge in [0.15, 0.2) is 5.82 Å². The molecule has 2 aromatic rings. The van der Waals surface area contributed by atoms with Gasteiger partial charge in [-0.25, -0.2) is 4.79 Å². The summed E-state index contributed by atoms with van der Waals surface area (Å²) in [6.07, 6.45) is 4.38. The maximum absolute atomic E-state index is 12.1. The molecule has 0 bridgehead atoms. The number of carbonyl (C=O) groups excluding carboxylic acids is 1. The number of esters is 1. The highest BCUT2D eigenvalue weighted by atomic mass is 16.5. The number of nitrogens with one attached hydrogen (secondary N) is 1. The van der Waals surface area contributed by atoms with E-state index in [0.29, 0.717) is 12.1 Å². The smallest absolute Gasteiger partial charge is 0.338 e. The van der Waals surface area contributed by atoms with Crippen LogP contribution in [0.15, 0.2) is 24.3 Å². The molecule has 0 atom stereocenters. The Hall–Kier alpha value is -2.37. The summed E-state index contributed by atoms with van der Waals surface area (Å²) in [6.45, 7) is 2.50. The molecule has 1 aromatic heterocycles. The minimum atomic E-state index is -0.229. The zero-order valence-electron chi connectivity index (χ0n) is 13.6. The van der Waals surface area contributed by atoms with Crippen LogP contribution in [0.4, 0.5) is 5.69 Å². The Bertz CT molecular complexity index is 672. The predicted octanol–water partition coefficient (Wildman–Crippen LogP) is 2.84. The average molecular weight is 314 g/mol. The molecule has 6 heteroatoms. The van der Waals surface area contributed by atoms with Crippen LogP contribution in [-0.2, 0) is 18.3 Å². The summed E-state index contributed by atoms with van der Waals surface area (Å²) in [5, 5.41) is 11.4. The Labute approximate surface area is 135 Å².